The number of hydrogen-bond acceptors (Lipinski definition) is 4. The molecule has 2 aromatic carbocycles. The largest absolute Gasteiger partial charge is 0.352 e. The van der Waals surface area contributed by atoms with Gasteiger partial charge in [0, 0.05) is 12.6 Å². The van der Waals surface area contributed by atoms with Crippen LogP contribution in [0.4, 0.5) is 5.69 Å². The number of nitrogens with one attached hydrogen (secondary N) is 1. The molecule has 7 nitrogen and oxygen atoms in total. The molecule has 0 aromatic heterocycles. The predicted molar refractivity (Wildman–Crippen MR) is 150 cm³/mol. The van der Waals surface area contributed by atoms with Crippen molar-refractivity contribution in [3.63, 3.8) is 0 Å². The van der Waals surface area contributed by atoms with Gasteiger partial charge in [-0.15, -0.1) is 0 Å². The van der Waals surface area contributed by atoms with Crippen LogP contribution in [-0.4, -0.2) is 50.0 Å². The summed E-state index contributed by atoms with van der Waals surface area (Å²) in [5.41, 5.74) is 2.82. The quantitative estimate of drug-likeness (QED) is 0.448. The Hall–Kier alpha value is -2.29. The molecule has 0 saturated heterocycles. The number of carbonyl (C=O) groups excluding carboxylic acids is 2. The van der Waals surface area contributed by atoms with E-state index in [1.165, 1.54) is 4.90 Å². The van der Waals surface area contributed by atoms with Gasteiger partial charge in [0.25, 0.3) is 0 Å². The lowest BCUT2D eigenvalue weighted by atomic mass is 9.95. The Morgan fingerprint density at radius 2 is 1.70 bits per heavy atom. The lowest BCUT2D eigenvalue weighted by molar-refractivity contribution is -0.139. The van der Waals surface area contributed by atoms with Crippen molar-refractivity contribution in [1.82, 2.24) is 10.2 Å². The average molecular weight is 569 g/mol. The number of anilines is 1. The molecular weight excluding hydrogens is 533 g/mol. The second kappa shape index (κ2) is 12.5. The van der Waals surface area contributed by atoms with Gasteiger partial charge in [-0.25, -0.2) is 8.42 Å². The third-order valence-corrected chi connectivity index (χ3v) is 8.62. The van der Waals surface area contributed by atoms with Crippen molar-refractivity contribution in [2.75, 3.05) is 17.1 Å². The molecule has 0 bridgehead atoms. The predicted octanol–water partition coefficient (Wildman–Crippen LogP) is 5.24. The number of carbonyl (C=O) groups is 2. The summed E-state index contributed by atoms with van der Waals surface area (Å²) < 4.78 is 26.7. The summed E-state index contributed by atoms with van der Waals surface area (Å²) >= 11 is 12.3. The summed E-state index contributed by atoms with van der Waals surface area (Å²) in [4.78, 5) is 28.4. The molecule has 2 aromatic rings. The van der Waals surface area contributed by atoms with Gasteiger partial charge < -0.3 is 10.2 Å². The van der Waals surface area contributed by atoms with E-state index in [1.807, 2.05) is 13.0 Å². The van der Waals surface area contributed by atoms with Gasteiger partial charge in [0.05, 0.1) is 22.0 Å². The minimum atomic E-state index is -3.79. The Bertz CT molecular complexity index is 1250. The molecule has 37 heavy (non-hydrogen) atoms. The number of hydrogen-bond donors (Lipinski definition) is 1. The molecule has 1 atom stereocenters. The van der Waals surface area contributed by atoms with Crippen molar-refractivity contribution in [1.29, 1.82) is 0 Å². The number of rotatable bonds is 9. The Morgan fingerprint density at radius 1 is 1.03 bits per heavy atom. The van der Waals surface area contributed by atoms with Crippen LogP contribution in [0, 0.1) is 13.8 Å². The van der Waals surface area contributed by atoms with Crippen molar-refractivity contribution in [3.05, 3.63) is 63.1 Å². The lowest BCUT2D eigenvalue weighted by Gasteiger charge is -2.33. The Labute approximate surface area is 230 Å². The Balaban J connectivity index is 1.91. The summed E-state index contributed by atoms with van der Waals surface area (Å²) in [6, 6.07) is 9.63. The third kappa shape index (κ3) is 7.85. The molecule has 0 heterocycles. The Kier molecular flexibility index (Phi) is 9.89. The van der Waals surface area contributed by atoms with E-state index in [1.54, 1.807) is 44.2 Å². The van der Waals surface area contributed by atoms with Crippen molar-refractivity contribution >= 4 is 50.7 Å². The maximum Gasteiger partial charge on any atom is 0.244 e. The number of nitrogens with zero attached hydrogens (tertiary/aromatic N) is 2. The molecule has 1 N–H and O–H groups in total. The molecule has 1 saturated carbocycles. The number of sulfonamides is 1. The van der Waals surface area contributed by atoms with E-state index < -0.39 is 28.5 Å². The first-order valence-corrected chi connectivity index (χ1v) is 15.1. The lowest BCUT2D eigenvalue weighted by Crippen LogP contribution is -2.53. The van der Waals surface area contributed by atoms with Crippen LogP contribution in [-0.2, 0) is 26.2 Å². The summed E-state index contributed by atoms with van der Waals surface area (Å²) in [7, 11) is -3.79. The summed E-state index contributed by atoms with van der Waals surface area (Å²) in [5.74, 6) is -0.763. The van der Waals surface area contributed by atoms with Gasteiger partial charge in [-0.1, -0.05) is 66.2 Å². The maximum atomic E-state index is 13.7. The fourth-order valence-electron chi connectivity index (χ4n) is 4.67. The van der Waals surface area contributed by atoms with E-state index in [-0.39, 0.29) is 18.5 Å². The zero-order valence-electron chi connectivity index (χ0n) is 21.8. The van der Waals surface area contributed by atoms with E-state index in [4.69, 9.17) is 23.2 Å². The minimum Gasteiger partial charge on any atom is -0.352 e. The minimum absolute atomic E-state index is 0.0689. The molecule has 0 aliphatic heterocycles. The second-order valence-corrected chi connectivity index (χ2v) is 12.6. The summed E-state index contributed by atoms with van der Waals surface area (Å²) in [6.07, 6.45) is 6.17. The van der Waals surface area contributed by atoms with Crippen LogP contribution in [0.1, 0.15) is 55.7 Å². The molecule has 202 valence electrons. The van der Waals surface area contributed by atoms with E-state index in [0.29, 0.717) is 21.3 Å². The van der Waals surface area contributed by atoms with E-state index in [2.05, 4.69) is 5.32 Å². The zero-order valence-corrected chi connectivity index (χ0v) is 24.1. The van der Waals surface area contributed by atoms with E-state index in [9.17, 15) is 18.0 Å². The van der Waals surface area contributed by atoms with Gasteiger partial charge in [-0.2, -0.15) is 0 Å². The number of aryl methyl sites for hydroxylation is 2. The first-order valence-electron chi connectivity index (χ1n) is 12.5. The molecule has 10 heteroatoms. The first kappa shape index (κ1) is 29.3. The van der Waals surface area contributed by atoms with Crippen molar-refractivity contribution in [2.45, 2.75) is 71.5 Å². The first-order chi connectivity index (χ1) is 17.4. The molecule has 3 rings (SSSR count). The molecule has 1 aliphatic rings. The highest BCUT2D eigenvalue weighted by atomic mass is 35.5. The fraction of sp³-hybridized carbons (Fsp3) is 0.481. The SMILES string of the molecule is Cc1ccc(N(CC(=O)N(Cc2ccc(Cl)c(Cl)c2)[C@H](C)C(=O)NC2CCCCC2)S(C)(=O)=O)c(C)c1. The van der Waals surface area contributed by atoms with Gasteiger partial charge >= 0.3 is 0 Å². The molecular formula is C27H35Cl2N3O4S. The van der Waals surface area contributed by atoms with Crippen molar-refractivity contribution < 1.29 is 18.0 Å². The molecule has 2 amide bonds. The molecule has 0 unspecified atom stereocenters. The van der Waals surface area contributed by atoms with Crippen LogP contribution in [0.5, 0.6) is 0 Å². The van der Waals surface area contributed by atoms with E-state index in [0.717, 1.165) is 53.8 Å². The van der Waals surface area contributed by atoms with Crippen LogP contribution >= 0.6 is 23.2 Å². The third-order valence-electron chi connectivity index (χ3n) is 6.76. The average Bonchev–Trinajstić information content (AvgIpc) is 2.83. The van der Waals surface area contributed by atoms with Crippen LogP contribution in [0.25, 0.3) is 0 Å². The normalized spacial score (nSPS) is 15.2. The highest BCUT2D eigenvalue weighted by molar-refractivity contribution is 7.92. The zero-order chi connectivity index (χ0) is 27.3. The van der Waals surface area contributed by atoms with Gasteiger partial charge in [0.15, 0.2) is 0 Å². The van der Waals surface area contributed by atoms with Crippen LogP contribution in [0.15, 0.2) is 36.4 Å². The molecule has 1 aliphatic carbocycles. The summed E-state index contributed by atoms with van der Waals surface area (Å²) in [5, 5.41) is 3.79. The highest BCUT2D eigenvalue weighted by Crippen LogP contribution is 2.26. The number of halogens is 2. The smallest absolute Gasteiger partial charge is 0.244 e. The van der Waals surface area contributed by atoms with Gasteiger partial charge in [-0.05, 0) is 62.9 Å². The fourth-order valence-corrected chi connectivity index (χ4v) is 5.89. The van der Waals surface area contributed by atoms with Crippen LogP contribution in [0.2, 0.25) is 10.0 Å². The van der Waals surface area contributed by atoms with E-state index >= 15 is 0 Å². The van der Waals surface area contributed by atoms with Gasteiger partial charge in [0.1, 0.15) is 12.6 Å². The monoisotopic (exact) mass is 567 g/mol. The van der Waals surface area contributed by atoms with Gasteiger partial charge in [-0.3, -0.25) is 13.9 Å². The second-order valence-electron chi connectivity index (χ2n) is 9.85. The van der Waals surface area contributed by atoms with Crippen LogP contribution < -0.4 is 9.62 Å². The summed E-state index contributed by atoms with van der Waals surface area (Å²) in [6.45, 7) is 5.01. The maximum absolute atomic E-state index is 13.7. The molecule has 0 spiro atoms. The van der Waals surface area contributed by atoms with Gasteiger partial charge in [0.2, 0.25) is 21.8 Å². The number of benzene rings is 2. The standard InChI is InChI=1S/C27H35Cl2N3O4S/c1-18-10-13-25(19(2)14-18)32(37(4,35)36)17-26(33)31(16-21-11-12-23(28)24(29)15-21)20(3)27(34)30-22-8-6-5-7-9-22/h10-15,20,22H,5-9,16-17H2,1-4H3,(H,30,34)/t20-/m1/s1. The highest BCUT2D eigenvalue weighted by Gasteiger charge is 2.31. The van der Waals surface area contributed by atoms with Crippen LogP contribution in [0.3, 0.4) is 0 Å². The van der Waals surface area contributed by atoms with Crippen molar-refractivity contribution in [2.24, 2.45) is 0 Å². The Morgan fingerprint density at radius 3 is 2.30 bits per heavy atom. The molecule has 1 fully saturated rings. The number of amides is 2. The van der Waals surface area contributed by atoms with Crippen molar-refractivity contribution in [3.8, 4) is 0 Å². The molecule has 0 radical (unpaired) electrons. The topological polar surface area (TPSA) is 86.8 Å².